The molecule has 1 N–H and O–H groups in total. The number of nitrogens with zero attached hydrogens (tertiary/aromatic N) is 1. The second-order valence-electron chi connectivity index (χ2n) is 5.44. The third-order valence-electron chi connectivity index (χ3n) is 4.12. The predicted octanol–water partition coefficient (Wildman–Crippen LogP) is 2.80. The number of aliphatic carboxylic acids is 1. The lowest BCUT2D eigenvalue weighted by atomic mass is 9.91. The number of ether oxygens (including phenoxy) is 2. The van der Waals surface area contributed by atoms with Gasteiger partial charge in [-0.2, -0.15) is 0 Å². The molecule has 1 aliphatic heterocycles. The van der Waals surface area contributed by atoms with Crippen LogP contribution in [0.5, 0.6) is 11.5 Å². The fourth-order valence-electron chi connectivity index (χ4n) is 3.12. The number of methoxy groups -OCH3 is 2. The van der Waals surface area contributed by atoms with Crippen molar-refractivity contribution >= 4 is 17.3 Å². The molecule has 0 bridgehead atoms. The van der Waals surface area contributed by atoms with E-state index < -0.39 is 5.97 Å². The average molecular weight is 333 g/mol. The highest BCUT2D eigenvalue weighted by molar-refractivity contribution is 7.10. The van der Waals surface area contributed by atoms with E-state index in [-0.39, 0.29) is 12.6 Å². The molecular formula is C17H19NO4S. The molecule has 0 saturated carbocycles. The van der Waals surface area contributed by atoms with Crippen molar-refractivity contribution in [1.82, 2.24) is 4.90 Å². The second-order valence-corrected chi connectivity index (χ2v) is 6.42. The molecule has 1 aromatic heterocycles. The Morgan fingerprint density at radius 2 is 2.09 bits per heavy atom. The molecule has 122 valence electrons. The first kappa shape index (κ1) is 15.8. The van der Waals surface area contributed by atoms with E-state index in [9.17, 15) is 9.90 Å². The minimum atomic E-state index is -0.810. The largest absolute Gasteiger partial charge is 0.493 e. The Labute approximate surface area is 139 Å². The first-order chi connectivity index (χ1) is 11.1. The van der Waals surface area contributed by atoms with Gasteiger partial charge in [-0.1, -0.05) is 6.07 Å². The van der Waals surface area contributed by atoms with E-state index in [4.69, 9.17) is 9.47 Å². The van der Waals surface area contributed by atoms with E-state index >= 15 is 0 Å². The van der Waals surface area contributed by atoms with Crippen LogP contribution in [0.3, 0.4) is 0 Å². The number of benzene rings is 1. The lowest BCUT2D eigenvalue weighted by Gasteiger charge is -2.36. The molecule has 23 heavy (non-hydrogen) atoms. The van der Waals surface area contributed by atoms with E-state index in [0.29, 0.717) is 18.0 Å². The predicted molar refractivity (Wildman–Crippen MR) is 88.6 cm³/mol. The van der Waals surface area contributed by atoms with Crippen molar-refractivity contribution in [2.24, 2.45) is 0 Å². The van der Waals surface area contributed by atoms with Gasteiger partial charge in [-0.3, -0.25) is 9.69 Å². The topological polar surface area (TPSA) is 59.0 Å². The third-order valence-corrected chi connectivity index (χ3v) is 5.05. The van der Waals surface area contributed by atoms with Gasteiger partial charge in [-0.25, -0.2) is 0 Å². The fourth-order valence-corrected chi connectivity index (χ4v) is 4.00. The summed E-state index contributed by atoms with van der Waals surface area (Å²) in [4.78, 5) is 14.4. The van der Waals surface area contributed by atoms with Crippen molar-refractivity contribution in [2.75, 3.05) is 27.3 Å². The maximum atomic E-state index is 11.2. The Hall–Kier alpha value is -2.05. The normalized spacial score (nSPS) is 17.6. The van der Waals surface area contributed by atoms with Crippen molar-refractivity contribution in [3.05, 3.63) is 45.6 Å². The standard InChI is InChI=1S/C17H19NO4S/c1-21-13-8-11-5-6-18(10-16(19)20)17(15-4-3-7-23-15)12(11)9-14(13)22-2/h3-4,7-9,17H,5-6,10H2,1-2H3,(H,19,20)/t17-/m1/s1. The first-order valence-corrected chi connectivity index (χ1v) is 8.26. The fraction of sp³-hybridized carbons (Fsp3) is 0.353. The Morgan fingerprint density at radius 3 is 2.70 bits per heavy atom. The molecule has 0 spiro atoms. The molecule has 0 unspecified atom stereocenters. The number of carbonyl (C=O) groups is 1. The summed E-state index contributed by atoms with van der Waals surface area (Å²) in [5.74, 6) is 0.573. The van der Waals surface area contributed by atoms with Crippen LogP contribution in [0.1, 0.15) is 22.0 Å². The van der Waals surface area contributed by atoms with Crippen LogP contribution in [0.15, 0.2) is 29.6 Å². The molecule has 1 aliphatic rings. The summed E-state index contributed by atoms with van der Waals surface area (Å²) >= 11 is 1.64. The molecule has 0 saturated heterocycles. The molecular weight excluding hydrogens is 314 g/mol. The third kappa shape index (κ3) is 3.04. The SMILES string of the molecule is COc1cc2c(cc1OC)[C@H](c1cccs1)N(CC(=O)O)CC2. The minimum Gasteiger partial charge on any atom is -0.493 e. The average Bonchev–Trinajstić information content (AvgIpc) is 3.06. The number of thiophene rings is 1. The molecule has 5 nitrogen and oxygen atoms in total. The van der Waals surface area contributed by atoms with E-state index in [1.54, 1.807) is 25.6 Å². The number of rotatable bonds is 5. The number of hydrogen-bond acceptors (Lipinski definition) is 5. The zero-order chi connectivity index (χ0) is 16.4. The number of carboxylic acids is 1. The van der Waals surface area contributed by atoms with Gasteiger partial charge in [0, 0.05) is 11.4 Å². The van der Waals surface area contributed by atoms with E-state index in [1.807, 2.05) is 28.5 Å². The number of hydrogen-bond donors (Lipinski definition) is 1. The van der Waals surface area contributed by atoms with E-state index in [2.05, 4.69) is 6.07 Å². The Morgan fingerprint density at radius 1 is 1.35 bits per heavy atom. The van der Waals surface area contributed by atoms with Gasteiger partial charge in [0.25, 0.3) is 0 Å². The minimum absolute atomic E-state index is 0.0242. The molecule has 6 heteroatoms. The highest BCUT2D eigenvalue weighted by atomic mass is 32.1. The van der Waals surface area contributed by atoms with Gasteiger partial charge in [0.2, 0.25) is 0 Å². The van der Waals surface area contributed by atoms with Crippen LogP contribution in [0.25, 0.3) is 0 Å². The molecule has 1 aromatic carbocycles. The van der Waals surface area contributed by atoms with Gasteiger partial charge in [-0.05, 0) is 41.1 Å². The van der Waals surface area contributed by atoms with Crippen LogP contribution < -0.4 is 9.47 Å². The molecule has 0 radical (unpaired) electrons. The van der Waals surface area contributed by atoms with Crippen molar-refractivity contribution in [3.63, 3.8) is 0 Å². The van der Waals surface area contributed by atoms with Crippen molar-refractivity contribution in [2.45, 2.75) is 12.5 Å². The van der Waals surface area contributed by atoms with Crippen LogP contribution in [0.2, 0.25) is 0 Å². The van der Waals surface area contributed by atoms with Gasteiger partial charge in [0.15, 0.2) is 11.5 Å². The first-order valence-electron chi connectivity index (χ1n) is 7.38. The van der Waals surface area contributed by atoms with Crippen LogP contribution in [0, 0.1) is 0 Å². The summed E-state index contributed by atoms with van der Waals surface area (Å²) < 4.78 is 10.8. The molecule has 3 rings (SSSR count). The van der Waals surface area contributed by atoms with Crippen molar-refractivity contribution in [1.29, 1.82) is 0 Å². The van der Waals surface area contributed by atoms with E-state index in [1.165, 1.54) is 5.56 Å². The van der Waals surface area contributed by atoms with E-state index in [0.717, 1.165) is 16.9 Å². The summed E-state index contributed by atoms with van der Waals surface area (Å²) in [5, 5.41) is 11.2. The molecule has 2 aromatic rings. The molecule has 0 aliphatic carbocycles. The number of carboxylic acid groups (broad SMARTS) is 1. The molecule has 2 heterocycles. The number of fused-ring (bicyclic) bond motifs is 1. The summed E-state index contributed by atoms with van der Waals surface area (Å²) in [5.41, 5.74) is 2.28. The lowest BCUT2D eigenvalue weighted by Crippen LogP contribution is -2.39. The maximum absolute atomic E-state index is 11.2. The van der Waals surface area contributed by atoms with Crippen LogP contribution in [-0.4, -0.2) is 43.3 Å². The van der Waals surface area contributed by atoms with Gasteiger partial charge in [0.05, 0.1) is 26.8 Å². The lowest BCUT2D eigenvalue weighted by molar-refractivity contribution is -0.138. The van der Waals surface area contributed by atoms with Gasteiger partial charge >= 0.3 is 5.97 Å². The Kier molecular flexibility index (Phi) is 4.54. The Balaban J connectivity index is 2.10. The molecule has 0 fully saturated rings. The van der Waals surface area contributed by atoms with Crippen LogP contribution in [0.4, 0.5) is 0 Å². The summed E-state index contributed by atoms with van der Waals surface area (Å²) in [6.07, 6.45) is 0.796. The van der Waals surface area contributed by atoms with Crippen molar-refractivity contribution < 1.29 is 19.4 Å². The van der Waals surface area contributed by atoms with Crippen LogP contribution >= 0.6 is 11.3 Å². The van der Waals surface area contributed by atoms with Gasteiger partial charge < -0.3 is 14.6 Å². The van der Waals surface area contributed by atoms with Gasteiger partial charge in [0.1, 0.15) is 0 Å². The zero-order valence-electron chi connectivity index (χ0n) is 13.1. The monoisotopic (exact) mass is 333 g/mol. The smallest absolute Gasteiger partial charge is 0.317 e. The van der Waals surface area contributed by atoms with Crippen molar-refractivity contribution in [3.8, 4) is 11.5 Å². The highest BCUT2D eigenvalue weighted by Gasteiger charge is 2.32. The maximum Gasteiger partial charge on any atom is 0.317 e. The zero-order valence-corrected chi connectivity index (χ0v) is 13.9. The molecule has 1 atom stereocenters. The quantitative estimate of drug-likeness (QED) is 0.912. The summed E-state index contributed by atoms with van der Waals surface area (Å²) in [7, 11) is 3.24. The molecule has 0 amide bonds. The Bertz CT molecular complexity index is 699. The summed E-state index contributed by atoms with van der Waals surface area (Å²) in [6, 6.07) is 7.97. The van der Waals surface area contributed by atoms with Crippen LogP contribution in [-0.2, 0) is 11.2 Å². The summed E-state index contributed by atoms with van der Waals surface area (Å²) in [6.45, 7) is 0.730. The van der Waals surface area contributed by atoms with Gasteiger partial charge in [-0.15, -0.1) is 11.3 Å². The highest BCUT2D eigenvalue weighted by Crippen LogP contribution is 2.41. The second kappa shape index (κ2) is 6.60.